The highest BCUT2D eigenvalue weighted by atomic mass is 32.2. The van der Waals surface area contributed by atoms with Gasteiger partial charge in [-0.05, 0) is 63.8 Å². The van der Waals surface area contributed by atoms with Crippen molar-refractivity contribution >= 4 is 17.9 Å². The van der Waals surface area contributed by atoms with Gasteiger partial charge in [0, 0.05) is 17.6 Å². The van der Waals surface area contributed by atoms with E-state index in [9.17, 15) is 4.79 Å². The number of rotatable bonds is 3. The number of nitrogens with zero attached hydrogens (tertiary/aromatic N) is 2. The molecule has 0 N–H and O–H groups in total. The molecule has 1 atom stereocenters. The van der Waals surface area contributed by atoms with E-state index in [-0.39, 0.29) is 12.1 Å². The molecule has 2 aromatic rings. The van der Waals surface area contributed by atoms with Crippen molar-refractivity contribution in [2.45, 2.75) is 61.6 Å². The van der Waals surface area contributed by atoms with Gasteiger partial charge in [-0.2, -0.15) is 0 Å². The van der Waals surface area contributed by atoms with Crippen LogP contribution >= 0.6 is 11.8 Å². The molecule has 2 heterocycles. The van der Waals surface area contributed by atoms with Crippen LogP contribution in [0.3, 0.4) is 0 Å². The molecule has 138 valence electrons. The Balaban J connectivity index is 1.72. The van der Waals surface area contributed by atoms with Gasteiger partial charge >= 0.3 is 6.09 Å². The number of pyridine rings is 1. The van der Waals surface area contributed by atoms with Gasteiger partial charge in [-0.1, -0.05) is 36.0 Å². The first kappa shape index (κ1) is 18.8. The number of carbonyl (C=O) groups is 1. The lowest BCUT2D eigenvalue weighted by atomic mass is 9.97. The Morgan fingerprint density at radius 1 is 1.15 bits per heavy atom. The molecule has 26 heavy (non-hydrogen) atoms. The molecule has 0 saturated carbocycles. The van der Waals surface area contributed by atoms with Crippen LogP contribution in [0.4, 0.5) is 4.79 Å². The molecule has 0 unspecified atom stereocenters. The fourth-order valence-corrected chi connectivity index (χ4v) is 3.85. The van der Waals surface area contributed by atoms with Crippen LogP contribution in [0.25, 0.3) is 0 Å². The van der Waals surface area contributed by atoms with Crippen LogP contribution in [-0.4, -0.2) is 28.1 Å². The lowest BCUT2D eigenvalue weighted by Gasteiger charge is -2.36. The van der Waals surface area contributed by atoms with Gasteiger partial charge in [0.25, 0.3) is 0 Å². The summed E-state index contributed by atoms with van der Waals surface area (Å²) in [5.41, 5.74) is 0.598. The first-order valence-electron chi connectivity index (χ1n) is 9.11. The maximum Gasteiger partial charge on any atom is 0.410 e. The number of benzene rings is 1. The van der Waals surface area contributed by atoms with E-state index in [1.165, 1.54) is 4.90 Å². The highest BCUT2D eigenvalue weighted by Crippen LogP contribution is 2.33. The monoisotopic (exact) mass is 370 g/mol. The number of aromatic nitrogens is 1. The molecule has 3 rings (SSSR count). The Bertz CT molecular complexity index is 726. The van der Waals surface area contributed by atoms with E-state index in [2.05, 4.69) is 23.2 Å². The van der Waals surface area contributed by atoms with E-state index in [4.69, 9.17) is 4.74 Å². The minimum absolute atomic E-state index is 0.0434. The number of carbonyl (C=O) groups excluding carboxylic acids is 1. The van der Waals surface area contributed by atoms with E-state index in [1.807, 2.05) is 56.1 Å². The van der Waals surface area contributed by atoms with Crippen molar-refractivity contribution in [3.63, 3.8) is 0 Å². The molecule has 1 aromatic carbocycles. The van der Waals surface area contributed by atoms with Crippen molar-refractivity contribution < 1.29 is 9.53 Å². The summed E-state index contributed by atoms with van der Waals surface area (Å²) in [5, 5.41) is 0.958. The van der Waals surface area contributed by atoms with Gasteiger partial charge in [0.1, 0.15) is 10.6 Å². The number of likely N-dealkylation sites (tertiary alicyclic amines) is 1. The first-order valence-corrected chi connectivity index (χ1v) is 9.92. The van der Waals surface area contributed by atoms with Crippen LogP contribution in [0.5, 0.6) is 0 Å². The van der Waals surface area contributed by atoms with Gasteiger partial charge < -0.3 is 9.64 Å². The fraction of sp³-hybridized carbons (Fsp3) is 0.429. The third-order valence-corrected chi connectivity index (χ3v) is 5.20. The fourth-order valence-electron chi connectivity index (χ4n) is 3.08. The average molecular weight is 371 g/mol. The molecule has 5 heteroatoms. The van der Waals surface area contributed by atoms with Gasteiger partial charge in [-0.25, -0.2) is 9.78 Å². The van der Waals surface area contributed by atoms with Crippen molar-refractivity contribution in [3.05, 3.63) is 54.2 Å². The number of ether oxygens (including phenoxy) is 1. The summed E-state index contributed by atoms with van der Waals surface area (Å²) in [6.45, 7) is 6.45. The summed E-state index contributed by atoms with van der Waals surface area (Å²) in [4.78, 5) is 20.2. The Morgan fingerprint density at radius 2 is 1.92 bits per heavy atom. The molecule has 4 nitrogen and oxygen atoms in total. The second kappa shape index (κ2) is 8.12. The van der Waals surface area contributed by atoms with E-state index in [1.54, 1.807) is 11.8 Å². The lowest BCUT2D eigenvalue weighted by molar-refractivity contribution is 0.00947. The molecule has 0 spiro atoms. The molecule has 1 saturated heterocycles. The van der Waals surface area contributed by atoms with Crippen LogP contribution in [0.15, 0.2) is 58.6 Å². The average Bonchev–Trinajstić information content (AvgIpc) is 2.62. The zero-order valence-electron chi connectivity index (χ0n) is 15.6. The summed E-state index contributed by atoms with van der Waals surface area (Å²) in [7, 11) is 0. The third-order valence-electron chi connectivity index (χ3n) is 4.24. The van der Waals surface area contributed by atoms with Crippen molar-refractivity contribution in [2.24, 2.45) is 0 Å². The standard InChI is InChI=1S/C21H26N2O2S/c1-21(2,3)25-20(24)23-14-8-7-11-18(23)16-12-13-19(22-15-16)26-17-9-5-4-6-10-17/h4-6,9-10,12-13,15,18H,7-8,11,14H2,1-3H3/t18-/m0/s1. The molecule has 1 aliphatic heterocycles. The van der Waals surface area contributed by atoms with Gasteiger partial charge in [0.15, 0.2) is 0 Å². The Morgan fingerprint density at radius 3 is 2.58 bits per heavy atom. The second-order valence-corrected chi connectivity index (χ2v) is 8.62. The van der Waals surface area contributed by atoms with Crippen LogP contribution in [-0.2, 0) is 4.74 Å². The van der Waals surface area contributed by atoms with Crippen LogP contribution in [0.1, 0.15) is 51.6 Å². The first-order chi connectivity index (χ1) is 12.4. The predicted octanol–water partition coefficient (Wildman–Crippen LogP) is 5.69. The van der Waals surface area contributed by atoms with Gasteiger partial charge in [-0.15, -0.1) is 0 Å². The van der Waals surface area contributed by atoms with Gasteiger partial charge in [-0.3, -0.25) is 0 Å². The molecule has 1 amide bonds. The SMILES string of the molecule is CC(C)(C)OC(=O)N1CCCC[C@H]1c1ccc(Sc2ccccc2)nc1. The molecule has 1 fully saturated rings. The van der Waals surface area contributed by atoms with Crippen molar-refractivity contribution in [1.82, 2.24) is 9.88 Å². The Kier molecular flexibility index (Phi) is 5.87. The largest absolute Gasteiger partial charge is 0.444 e. The topological polar surface area (TPSA) is 42.4 Å². The number of hydrogen-bond donors (Lipinski definition) is 0. The van der Waals surface area contributed by atoms with Gasteiger partial charge in [0.05, 0.1) is 6.04 Å². The molecular formula is C21H26N2O2S. The highest BCUT2D eigenvalue weighted by Gasteiger charge is 2.31. The predicted molar refractivity (Wildman–Crippen MR) is 104 cm³/mol. The second-order valence-electron chi connectivity index (χ2n) is 7.53. The summed E-state index contributed by atoms with van der Waals surface area (Å²) < 4.78 is 5.59. The van der Waals surface area contributed by atoms with Crippen molar-refractivity contribution in [1.29, 1.82) is 0 Å². The van der Waals surface area contributed by atoms with Gasteiger partial charge in [0.2, 0.25) is 0 Å². The maximum absolute atomic E-state index is 12.6. The highest BCUT2D eigenvalue weighted by molar-refractivity contribution is 7.99. The Hall–Kier alpha value is -2.01. The van der Waals surface area contributed by atoms with Crippen LogP contribution in [0, 0.1) is 0 Å². The number of piperidine rings is 1. The maximum atomic E-state index is 12.6. The summed E-state index contributed by atoms with van der Waals surface area (Å²) in [6, 6.07) is 14.4. The normalized spacial score (nSPS) is 17.8. The molecule has 1 aliphatic rings. The molecule has 1 aromatic heterocycles. The van der Waals surface area contributed by atoms with Crippen LogP contribution in [0.2, 0.25) is 0 Å². The molecule has 0 bridgehead atoms. The minimum atomic E-state index is -0.479. The number of hydrogen-bond acceptors (Lipinski definition) is 4. The van der Waals surface area contributed by atoms with E-state index >= 15 is 0 Å². The van der Waals surface area contributed by atoms with Crippen LogP contribution < -0.4 is 0 Å². The molecule has 0 aliphatic carbocycles. The van der Waals surface area contributed by atoms with Crippen molar-refractivity contribution in [3.8, 4) is 0 Å². The molecule has 0 radical (unpaired) electrons. The molecular weight excluding hydrogens is 344 g/mol. The summed E-state index contributed by atoms with van der Waals surface area (Å²) >= 11 is 1.64. The quantitative estimate of drug-likeness (QED) is 0.695. The Labute approximate surface area is 160 Å². The zero-order valence-corrected chi connectivity index (χ0v) is 16.5. The van der Waals surface area contributed by atoms with E-state index < -0.39 is 5.60 Å². The summed E-state index contributed by atoms with van der Waals surface area (Å²) in [6.07, 6.45) is 4.75. The third kappa shape index (κ3) is 5.01. The van der Waals surface area contributed by atoms with E-state index in [0.29, 0.717) is 0 Å². The summed E-state index contributed by atoms with van der Waals surface area (Å²) in [5.74, 6) is 0. The minimum Gasteiger partial charge on any atom is -0.444 e. The smallest absolute Gasteiger partial charge is 0.410 e. The van der Waals surface area contributed by atoms with Crippen molar-refractivity contribution in [2.75, 3.05) is 6.54 Å². The lowest BCUT2D eigenvalue weighted by Crippen LogP contribution is -2.41. The zero-order chi connectivity index (χ0) is 18.6. The number of amides is 1. The van der Waals surface area contributed by atoms with E-state index in [0.717, 1.165) is 36.4 Å².